The van der Waals surface area contributed by atoms with E-state index in [-0.39, 0.29) is 35.9 Å². The highest BCUT2D eigenvalue weighted by atomic mass is 19.1. The Bertz CT molecular complexity index is 543. The molecule has 1 aliphatic carbocycles. The highest BCUT2D eigenvalue weighted by Crippen LogP contribution is 2.38. The molecule has 0 aromatic heterocycles. The van der Waals surface area contributed by atoms with Crippen molar-refractivity contribution in [2.24, 2.45) is 11.8 Å². The monoisotopic (exact) mass is 396 g/mol. The summed E-state index contributed by atoms with van der Waals surface area (Å²) in [5.41, 5.74) is 0. The van der Waals surface area contributed by atoms with Gasteiger partial charge in [-0.1, -0.05) is 6.92 Å². The number of amides is 2. The Morgan fingerprint density at radius 2 is 2.07 bits per heavy atom. The third-order valence-electron chi connectivity index (χ3n) is 7.01. The van der Waals surface area contributed by atoms with Crippen LogP contribution in [0.25, 0.3) is 0 Å². The van der Waals surface area contributed by atoms with Gasteiger partial charge in [0.2, 0.25) is 11.8 Å². The van der Waals surface area contributed by atoms with Crippen molar-refractivity contribution in [1.29, 1.82) is 0 Å². The normalized spacial score (nSPS) is 36.0. The van der Waals surface area contributed by atoms with Crippen LogP contribution in [0.3, 0.4) is 0 Å². The molecule has 7 heteroatoms. The first kappa shape index (κ1) is 21.5. The van der Waals surface area contributed by atoms with Crippen LogP contribution >= 0.6 is 0 Å². The number of fused-ring (bicyclic) bond motifs is 1. The molecule has 0 aromatic rings. The van der Waals surface area contributed by atoms with E-state index in [1.54, 1.807) is 11.8 Å². The minimum Gasteiger partial charge on any atom is -0.351 e. The van der Waals surface area contributed by atoms with Gasteiger partial charge >= 0.3 is 0 Å². The lowest BCUT2D eigenvalue weighted by Gasteiger charge is -2.34. The molecule has 2 N–H and O–H groups in total. The van der Waals surface area contributed by atoms with Gasteiger partial charge < -0.3 is 20.4 Å². The van der Waals surface area contributed by atoms with Crippen molar-refractivity contribution < 1.29 is 14.0 Å². The Balaban J connectivity index is 1.43. The van der Waals surface area contributed by atoms with Crippen LogP contribution in [0, 0.1) is 11.8 Å². The number of likely N-dealkylation sites (tertiary alicyclic amines) is 1. The van der Waals surface area contributed by atoms with Crippen LogP contribution in [0.2, 0.25) is 0 Å². The number of piperidine rings is 1. The quantitative estimate of drug-likeness (QED) is 0.715. The van der Waals surface area contributed by atoms with E-state index in [1.165, 1.54) is 0 Å². The molecule has 0 aromatic carbocycles. The molecule has 2 aliphatic heterocycles. The number of alkyl halides is 1. The van der Waals surface area contributed by atoms with Crippen molar-refractivity contribution in [3.63, 3.8) is 0 Å². The summed E-state index contributed by atoms with van der Waals surface area (Å²) >= 11 is 0. The van der Waals surface area contributed by atoms with Crippen molar-refractivity contribution in [2.75, 3.05) is 33.2 Å². The first-order chi connectivity index (χ1) is 13.3. The molecule has 6 nitrogen and oxygen atoms in total. The largest absolute Gasteiger partial charge is 0.351 e. The summed E-state index contributed by atoms with van der Waals surface area (Å²) in [5.74, 6) is 0.559. The molecule has 1 saturated carbocycles. The fraction of sp³-hybridized carbons (Fsp3) is 0.905. The molecule has 160 valence electrons. The van der Waals surface area contributed by atoms with E-state index >= 15 is 0 Å². The molecule has 28 heavy (non-hydrogen) atoms. The lowest BCUT2D eigenvalue weighted by atomic mass is 9.77. The molecule has 2 saturated heterocycles. The average Bonchev–Trinajstić information content (AvgIpc) is 3.12. The second-order valence-electron chi connectivity index (χ2n) is 9.16. The van der Waals surface area contributed by atoms with E-state index in [4.69, 9.17) is 0 Å². The molecular formula is C21H37FN4O2. The minimum atomic E-state index is -0.773. The van der Waals surface area contributed by atoms with E-state index < -0.39 is 6.17 Å². The first-order valence-electron chi connectivity index (χ1n) is 11.0. The molecule has 3 aliphatic rings. The van der Waals surface area contributed by atoms with Crippen molar-refractivity contribution in [3.05, 3.63) is 0 Å². The molecule has 3 rings (SSSR count). The fourth-order valence-electron chi connectivity index (χ4n) is 5.17. The fourth-order valence-corrected chi connectivity index (χ4v) is 5.17. The van der Waals surface area contributed by atoms with Crippen LogP contribution in [-0.4, -0.2) is 79.1 Å². The Labute approximate surface area is 168 Å². The first-order valence-corrected chi connectivity index (χ1v) is 11.0. The molecule has 0 radical (unpaired) electrons. The SMILES string of the molecule is CC(=O)N(C)CCCN1CCCC(NC(=O)C2CC3C(F)CCC(C)C3N2)C1. The maximum absolute atomic E-state index is 14.3. The van der Waals surface area contributed by atoms with Gasteiger partial charge in [-0.2, -0.15) is 0 Å². The molecule has 2 amide bonds. The van der Waals surface area contributed by atoms with Crippen molar-refractivity contribution in [2.45, 2.75) is 76.7 Å². The van der Waals surface area contributed by atoms with Crippen LogP contribution in [0.15, 0.2) is 0 Å². The number of nitrogens with zero attached hydrogens (tertiary/aromatic N) is 2. The summed E-state index contributed by atoms with van der Waals surface area (Å²) in [5, 5.41) is 6.65. The van der Waals surface area contributed by atoms with Gasteiger partial charge in [0.15, 0.2) is 0 Å². The van der Waals surface area contributed by atoms with Gasteiger partial charge in [0.25, 0.3) is 0 Å². The third kappa shape index (κ3) is 5.23. The number of halogens is 1. The average molecular weight is 397 g/mol. The number of carbonyl (C=O) groups is 2. The summed E-state index contributed by atoms with van der Waals surface area (Å²) < 4.78 is 14.3. The predicted octanol–water partition coefficient (Wildman–Crippen LogP) is 1.55. The van der Waals surface area contributed by atoms with Crippen molar-refractivity contribution in [3.8, 4) is 0 Å². The number of hydrogen-bond donors (Lipinski definition) is 2. The highest BCUT2D eigenvalue weighted by molar-refractivity contribution is 5.82. The van der Waals surface area contributed by atoms with E-state index in [0.29, 0.717) is 18.8 Å². The second kappa shape index (κ2) is 9.53. The Hall–Kier alpha value is -1.21. The van der Waals surface area contributed by atoms with Crippen LogP contribution in [0.5, 0.6) is 0 Å². The van der Waals surface area contributed by atoms with Gasteiger partial charge in [-0.3, -0.25) is 9.59 Å². The summed E-state index contributed by atoms with van der Waals surface area (Å²) in [7, 11) is 1.83. The Kier molecular flexibility index (Phi) is 7.31. The van der Waals surface area contributed by atoms with Crippen LogP contribution in [0.1, 0.15) is 52.4 Å². The third-order valence-corrected chi connectivity index (χ3v) is 7.01. The number of rotatable bonds is 6. The van der Waals surface area contributed by atoms with E-state index in [0.717, 1.165) is 51.9 Å². The smallest absolute Gasteiger partial charge is 0.237 e. The zero-order chi connectivity index (χ0) is 20.3. The van der Waals surface area contributed by atoms with Gasteiger partial charge in [-0.05, 0) is 57.5 Å². The number of carbonyl (C=O) groups excluding carboxylic acids is 2. The maximum Gasteiger partial charge on any atom is 0.237 e. The summed E-state index contributed by atoms with van der Waals surface area (Å²) in [4.78, 5) is 28.2. The molecule has 2 heterocycles. The van der Waals surface area contributed by atoms with Crippen LogP contribution in [-0.2, 0) is 9.59 Å². The number of hydrogen-bond acceptors (Lipinski definition) is 4. The van der Waals surface area contributed by atoms with Crippen LogP contribution in [0.4, 0.5) is 4.39 Å². The van der Waals surface area contributed by atoms with Crippen LogP contribution < -0.4 is 10.6 Å². The van der Waals surface area contributed by atoms with E-state index in [2.05, 4.69) is 22.5 Å². The Morgan fingerprint density at radius 1 is 1.29 bits per heavy atom. The molecule has 0 spiro atoms. The Morgan fingerprint density at radius 3 is 2.79 bits per heavy atom. The number of nitrogens with one attached hydrogen (secondary N) is 2. The van der Waals surface area contributed by atoms with Gasteiger partial charge in [0.1, 0.15) is 6.17 Å². The van der Waals surface area contributed by atoms with E-state index in [1.807, 2.05) is 7.05 Å². The van der Waals surface area contributed by atoms with Gasteiger partial charge in [0, 0.05) is 45.1 Å². The molecule has 6 unspecified atom stereocenters. The summed E-state index contributed by atoms with van der Waals surface area (Å²) in [6.07, 6.45) is 4.40. The highest BCUT2D eigenvalue weighted by Gasteiger charge is 2.46. The topological polar surface area (TPSA) is 64.7 Å². The van der Waals surface area contributed by atoms with Crippen molar-refractivity contribution >= 4 is 11.8 Å². The maximum atomic E-state index is 14.3. The predicted molar refractivity (Wildman–Crippen MR) is 108 cm³/mol. The standard InChI is InChI=1S/C21H37FN4O2/c1-14-7-8-18(22)17-12-19(24-20(14)17)21(28)23-16-6-4-10-26(13-16)11-5-9-25(3)15(2)27/h14,16-20,24H,4-13H2,1-3H3,(H,23,28). The lowest BCUT2D eigenvalue weighted by Crippen LogP contribution is -2.53. The second-order valence-corrected chi connectivity index (χ2v) is 9.16. The van der Waals surface area contributed by atoms with Gasteiger partial charge in [-0.25, -0.2) is 4.39 Å². The zero-order valence-electron chi connectivity index (χ0n) is 17.6. The molecule has 6 atom stereocenters. The molecule has 0 bridgehead atoms. The molecular weight excluding hydrogens is 359 g/mol. The molecule has 3 fully saturated rings. The zero-order valence-corrected chi connectivity index (χ0v) is 17.6. The van der Waals surface area contributed by atoms with Gasteiger partial charge in [0.05, 0.1) is 6.04 Å². The van der Waals surface area contributed by atoms with E-state index in [9.17, 15) is 14.0 Å². The summed E-state index contributed by atoms with van der Waals surface area (Å²) in [6.45, 7) is 7.36. The minimum absolute atomic E-state index is 0.0133. The lowest BCUT2D eigenvalue weighted by molar-refractivity contribution is -0.127. The van der Waals surface area contributed by atoms with Crippen molar-refractivity contribution in [1.82, 2.24) is 20.4 Å². The summed E-state index contributed by atoms with van der Waals surface area (Å²) in [6, 6.07) is 0.0452. The van der Waals surface area contributed by atoms with Gasteiger partial charge in [-0.15, -0.1) is 0 Å².